The largest absolute Gasteiger partial charge is 0.494 e. The number of likely N-dealkylation sites (tertiary alicyclic amines) is 1. The molecule has 1 unspecified atom stereocenters. The summed E-state index contributed by atoms with van der Waals surface area (Å²) in [5.41, 5.74) is 2.40. The van der Waals surface area contributed by atoms with Crippen LogP contribution in [-0.4, -0.2) is 64.9 Å². The molecule has 1 amide bonds. The molecule has 7 nitrogen and oxygen atoms in total. The first-order chi connectivity index (χ1) is 14.3. The lowest BCUT2D eigenvalue weighted by Crippen LogP contribution is -2.58. The van der Waals surface area contributed by atoms with Gasteiger partial charge in [-0.2, -0.15) is 0 Å². The van der Waals surface area contributed by atoms with Crippen LogP contribution in [0.5, 0.6) is 5.75 Å². The monoisotopic (exact) mass is 435 g/mol. The molecule has 4 atom stereocenters. The van der Waals surface area contributed by atoms with Crippen LogP contribution in [0.25, 0.3) is 0 Å². The maximum absolute atomic E-state index is 12.2. The maximum Gasteiger partial charge on any atom is 0.410 e. The van der Waals surface area contributed by atoms with E-state index in [2.05, 4.69) is 0 Å². The van der Waals surface area contributed by atoms with Gasteiger partial charge >= 0.3 is 6.09 Å². The summed E-state index contributed by atoms with van der Waals surface area (Å²) in [6.45, 7) is 2.35. The molecule has 0 radical (unpaired) electrons. The number of amides is 1. The fourth-order valence-electron chi connectivity index (χ4n) is 3.71. The van der Waals surface area contributed by atoms with Crippen LogP contribution in [0.3, 0.4) is 0 Å². The molecule has 2 aromatic carbocycles. The second-order valence-electron chi connectivity index (χ2n) is 7.22. The van der Waals surface area contributed by atoms with Gasteiger partial charge in [0.25, 0.3) is 0 Å². The number of hydrogen-bond acceptors (Lipinski definition) is 6. The standard InChI is InChI=1S/C22H26ClNO6/c1-3-30-16-7-4-13(5-8-16)10-15-11-14(6-9-17(15)23)19-21(27)20(26)18(25)12-24(19)22(28)29-2/h4-9,11,18-21,25-27H,3,10,12H2,1-2H3/t18?,19-,20-,21-/m0/s1. The molecule has 1 heterocycles. The predicted octanol–water partition coefficient (Wildman–Crippen LogP) is 2.54. The van der Waals surface area contributed by atoms with Crippen LogP contribution in [0, 0.1) is 0 Å². The van der Waals surface area contributed by atoms with Crippen molar-refractivity contribution in [3.05, 3.63) is 64.2 Å². The lowest BCUT2D eigenvalue weighted by atomic mass is 9.88. The Morgan fingerprint density at radius 3 is 2.47 bits per heavy atom. The van der Waals surface area contributed by atoms with Crippen LogP contribution in [-0.2, 0) is 11.2 Å². The maximum atomic E-state index is 12.2. The summed E-state index contributed by atoms with van der Waals surface area (Å²) in [6, 6.07) is 12.0. The fourth-order valence-corrected chi connectivity index (χ4v) is 3.89. The van der Waals surface area contributed by atoms with Crippen molar-refractivity contribution in [2.24, 2.45) is 0 Å². The molecule has 1 aliphatic rings. The van der Waals surface area contributed by atoms with Crippen LogP contribution in [0.1, 0.15) is 29.7 Å². The number of aliphatic hydroxyl groups excluding tert-OH is 3. The van der Waals surface area contributed by atoms with Crippen molar-refractivity contribution in [3.8, 4) is 5.75 Å². The molecule has 0 aromatic heterocycles. The van der Waals surface area contributed by atoms with E-state index >= 15 is 0 Å². The molecule has 1 aliphatic heterocycles. The van der Waals surface area contributed by atoms with Crippen molar-refractivity contribution in [2.45, 2.75) is 37.7 Å². The molecular formula is C22H26ClNO6. The zero-order chi connectivity index (χ0) is 21.8. The molecule has 1 fully saturated rings. The molecule has 0 aliphatic carbocycles. The molecule has 8 heteroatoms. The summed E-state index contributed by atoms with van der Waals surface area (Å²) >= 11 is 6.40. The summed E-state index contributed by atoms with van der Waals surface area (Å²) in [6.07, 6.45) is -4.21. The summed E-state index contributed by atoms with van der Waals surface area (Å²) in [7, 11) is 1.22. The first-order valence-electron chi connectivity index (χ1n) is 9.74. The third-order valence-corrected chi connectivity index (χ3v) is 5.61. The number of benzene rings is 2. The van der Waals surface area contributed by atoms with E-state index in [1.54, 1.807) is 18.2 Å². The lowest BCUT2D eigenvalue weighted by molar-refractivity contribution is -0.131. The van der Waals surface area contributed by atoms with Gasteiger partial charge in [0.1, 0.15) is 24.1 Å². The van der Waals surface area contributed by atoms with Crippen LogP contribution in [0.15, 0.2) is 42.5 Å². The Hall–Kier alpha value is -2.32. The Balaban J connectivity index is 1.91. The molecule has 3 rings (SSSR count). The lowest BCUT2D eigenvalue weighted by Gasteiger charge is -2.43. The van der Waals surface area contributed by atoms with Gasteiger partial charge < -0.3 is 24.8 Å². The summed E-state index contributed by atoms with van der Waals surface area (Å²) in [4.78, 5) is 13.5. The number of rotatable bonds is 5. The van der Waals surface area contributed by atoms with Gasteiger partial charge in [0.05, 0.1) is 26.3 Å². The fraction of sp³-hybridized carbons (Fsp3) is 0.409. The normalized spacial score (nSPS) is 23.9. The number of carbonyl (C=O) groups is 1. The first-order valence-corrected chi connectivity index (χ1v) is 10.1. The van der Waals surface area contributed by atoms with E-state index in [1.165, 1.54) is 12.0 Å². The van der Waals surface area contributed by atoms with Crippen molar-refractivity contribution in [3.63, 3.8) is 0 Å². The molecule has 0 bridgehead atoms. The van der Waals surface area contributed by atoms with E-state index in [4.69, 9.17) is 21.1 Å². The van der Waals surface area contributed by atoms with Crippen molar-refractivity contribution in [1.29, 1.82) is 0 Å². The number of methoxy groups -OCH3 is 1. The van der Waals surface area contributed by atoms with Gasteiger partial charge in [0.2, 0.25) is 0 Å². The zero-order valence-corrected chi connectivity index (χ0v) is 17.6. The van der Waals surface area contributed by atoms with E-state index in [9.17, 15) is 20.1 Å². The molecule has 30 heavy (non-hydrogen) atoms. The van der Waals surface area contributed by atoms with Gasteiger partial charge in [-0.3, -0.25) is 4.90 Å². The van der Waals surface area contributed by atoms with Crippen molar-refractivity contribution in [2.75, 3.05) is 20.3 Å². The van der Waals surface area contributed by atoms with Gasteiger partial charge in [0, 0.05) is 5.02 Å². The van der Waals surface area contributed by atoms with Crippen LogP contribution < -0.4 is 4.74 Å². The Kier molecular flexibility index (Phi) is 7.20. The highest BCUT2D eigenvalue weighted by molar-refractivity contribution is 6.31. The molecule has 3 N–H and O–H groups in total. The highest BCUT2D eigenvalue weighted by Gasteiger charge is 2.44. The third kappa shape index (κ3) is 4.70. The summed E-state index contributed by atoms with van der Waals surface area (Å²) < 4.78 is 10.3. The minimum Gasteiger partial charge on any atom is -0.494 e. The number of carbonyl (C=O) groups excluding carboxylic acids is 1. The molecule has 0 spiro atoms. The van der Waals surface area contributed by atoms with Crippen LogP contribution in [0.4, 0.5) is 4.79 Å². The topological polar surface area (TPSA) is 99.5 Å². The Labute approximate surface area is 180 Å². The van der Waals surface area contributed by atoms with E-state index in [0.717, 1.165) is 16.9 Å². The quantitative estimate of drug-likeness (QED) is 0.667. The van der Waals surface area contributed by atoms with Crippen molar-refractivity contribution < 1.29 is 29.6 Å². The molecule has 1 saturated heterocycles. The molecule has 0 saturated carbocycles. The van der Waals surface area contributed by atoms with Gasteiger partial charge in [-0.15, -0.1) is 0 Å². The van der Waals surface area contributed by atoms with E-state index in [0.29, 0.717) is 23.6 Å². The Bertz CT molecular complexity index is 874. The van der Waals surface area contributed by atoms with Crippen molar-refractivity contribution in [1.82, 2.24) is 4.90 Å². The molecule has 162 valence electrons. The highest BCUT2D eigenvalue weighted by atomic mass is 35.5. The average molecular weight is 436 g/mol. The van der Waals surface area contributed by atoms with E-state index in [1.807, 2.05) is 31.2 Å². The number of aliphatic hydroxyl groups is 3. The Morgan fingerprint density at radius 1 is 1.13 bits per heavy atom. The number of ether oxygens (including phenoxy) is 2. The molecular weight excluding hydrogens is 410 g/mol. The van der Waals surface area contributed by atoms with Gasteiger partial charge in [-0.05, 0) is 48.2 Å². The minimum absolute atomic E-state index is 0.160. The highest BCUT2D eigenvalue weighted by Crippen LogP contribution is 2.34. The van der Waals surface area contributed by atoms with Gasteiger partial charge in [-0.1, -0.05) is 35.9 Å². The smallest absolute Gasteiger partial charge is 0.410 e. The van der Waals surface area contributed by atoms with Gasteiger partial charge in [0.15, 0.2) is 0 Å². The number of nitrogens with zero attached hydrogens (tertiary/aromatic N) is 1. The summed E-state index contributed by atoms with van der Waals surface area (Å²) in [5, 5.41) is 31.3. The Morgan fingerprint density at radius 2 is 1.83 bits per heavy atom. The summed E-state index contributed by atoms with van der Waals surface area (Å²) in [5.74, 6) is 0.785. The van der Waals surface area contributed by atoms with Gasteiger partial charge in [-0.25, -0.2) is 4.79 Å². The number of piperidine rings is 1. The predicted molar refractivity (Wildman–Crippen MR) is 112 cm³/mol. The second kappa shape index (κ2) is 9.66. The van der Waals surface area contributed by atoms with E-state index < -0.39 is 30.4 Å². The minimum atomic E-state index is -1.39. The second-order valence-corrected chi connectivity index (χ2v) is 7.63. The number of β-amino-alcohol motifs (C(OH)–C–C–N with tert-alkyl or cyclic N) is 1. The van der Waals surface area contributed by atoms with Crippen LogP contribution in [0.2, 0.25) is 5.02 Å². The third-order valence-electron chi connectivity index (χ3n) is 5.24. The zero-order valence-electron chi connectivity index (χ0n) is 16.9. The SMILES string of the molecule is CCOc1ccc(Cc2cc([C@H]3[C@H](O)[C@@H](O)C(O)CN3C(=O)OC)ccc2Cl)cc1. The number of halogens is 1. The molecule has 2 aromatic rings. The van der Waals surface area contributed by atoms with Crippen molar-refractivity contribution >= 4 is 17.7 Å². The average Bonchev–Trinajstić information content (AvgIpc) is 2.74. The van der Waals surface area contributed by atoms with E-state index in [-0.39, 0.29) is 6.54 Å². The first kappa shape index (κ1) is 22.4. The number of hydrogen-bond donors (Lipinski definition) is 3. The van der Waals surface area contributed by atoms with Crippen LogP contribution >= 0.6 is 11.6 Å².